The Morgan fingerprint density at radius 2 is 1.77 bits per heavy atom. The number of hydrogen-bond acceptors (Lipinski definition) is 3. The summed E-state index contributed by atoms with van der Waals surface area (Å²) in [7, 11) is 0. The molecule has 6 aliphatic rings. The first kappa shape index (κ1) is 20.2. The molecule has 2 aliphatic heterocycles. The summed E-state index contributed by atoms with van der Waals surface area (Å²) in [4.78, 5) is 2.89. The summed E-state index contributed by atoms with van der Waals surface area (Å²) in [5.41, 5.74) is 3.68. The molecular weight excluding hydrogens is 370 g/mol. The van der Waals surface area contributed by atoms with Crippen LogP contribution in [0.3, 0.4) is 0 Å². The van der Waals surface area contributed by atoms with E-state index in [1.807, 2.05) is 0 Å². The first-order valence-corrected chi connectivity index (χ1v) is 13.2. The molecule has 3 unspecified atom stereocenters. The largest absolute Gasteiger partial charge is 0.393 e. The Balaban J connectivity index is 1.31. The second kappa shape index (κ2) is 7.06. The fourth-order valence-corrected chi connectivity index (χ4v) is 9.84. The minimum atomic E-state index is -0.238. The van der Waals surface area contributed by atoms with Crippen LogP contribution in [0.25, 0.3) is 0 Å². The number of piperidine rings is 2. The van der Waals surface area contributed by atoms with Crippen molar-refractivity contribution in [2.75, 3.05) is 13.1 Å². The van der Waals surface area contributed by atoms with E-state index >= 15 is 0 Å². The average Bonchev–Trinajstić information content (AvgIpc) is 3.09. The van der Waals surface area contributed by atoms with Crippen LogP contribution < -0.4 is 0 Å². The smallest absolute Gasteiger partial charge is 0.0612 e. The van der Waals surface area contributed by atoms with Gasteiger partial charge in [0.25, 0.3) is 0 Å². The van der Waals surface area contributed by atoms with Gasteiger partial charge < -0.3 is 10.2 Å². The van der Waals surface area contributed by atoms with Crippen molar-refractivity contribution in [3.8, 4) is 0 Å². The molecule has 4 aliphatic carbocycles. The highest BCUT2D eigenvalue weighted by Gasteiger charge is 2.58. The summed E-state index contributed by atoms with van der Waals surface area (Å²) < 4.78 is 0. The number of allylic oxidation sites excluding steroid dienone is 1. The summed E-state index contributed by atoms with van der Waals surface area (Å²) >= 11 is 0. The summed E-state index contributed by atoms with van der Waals surface area (Å²) in [5, 5.41) is 21.4. The Bertz CT molecular complexity index is 730. The lowest BCUT2D eigenvalue weighted by Crippen LogP contribution is -2.58. The molecule has 0 aromatic carbocycles. The van der Waals surface area contributed by atoms with Crippen LogP contribution in [0.5, 0.6) is 0 Å². The number of aliphatic hydroxyl groups is 2. The van der Waals surface area contributed by atoms with Crippen LogP contribution in [0.15, 0.2) is 11.1 Å². The van der Waals surface area contributed by atoms with E-state index in [2.05, 4.69) is 25.7 Å². The minimum absolute atomic E-state index is 0.197. The highest BCUT2D eigenvalue weighted by Crippen LogP contribution is 2.64. The van der Waals surface area contributed by atoms with Gasteiger partial charge in [0, 0.05) is 19.1 Å². The van der Waals surface area contributed by atoms with Crippen LogP contribution in [-0.4, -0.2) is 46.5 Å². The molecule has 2 saturated heterocycles. The lowest BCUT2D eigenvalue weighted by Gasteiger charge is -2.55. The van der Waals surface area contributed by atoms with Gasteiger partial charge in [0.15, 0.2) is 0 Å². The van der Waals surface area contributed by atoms with Crippen molar-refractivity contribution in [2.24, 2.45) is 46.8 Å². The molecule has 2 heterocycles. The lowest BCUT2D eigenvalue weighted by atomic mass is 9.53. The van der Waals surface area contributed by atoms with Crippen LogP contribution in [0.4, 0.5) is 0 Å². The Labute approximate surface area is 183 Å². The van der Waals surface area contributed by atoms with E-state index in [0.29, 0.717) is 11.8 Å². The van der Waals surface area contributed by atoms with Crippen molar-refractivity contribution < 1.29 is 10.2 Å². The summed E-state index contributed by atoms with van der Waals surface area (Å²) in [6.45, 7) is 10.1. The average molecular weight is 414 g/mol. The van der Waals surface area contributed by atoms with Gasteiger partial charge in [-0.3, -0.25) is 4.90 Å². The van der Waals surface area contributed by atoms with Gasteiger partial charge in [-0.15, -0.1) is 0 Å². The molecule has 3 heteroatoms. The maximum atomic E-state index is 11.1. The van der Waals surface area contributed by atoms with Crippen LogP contribution in [0.2, 0.25) is 0 Å². The van der Waals surface area contributed by atoms with Crippen LogP contribution >= 0.6 is 0 Å². The van der Waals surface area contributed by atoms with Gasteiger partial charge in [0.1, 0.15) is 0 Å². The highest BCUT2D eigenvalue weighted by atomic mass is 16.3. The molecule has 2 N–H and O–H groups in total. The molecule has 0 radical (unpaired) electrons. The molecule has 30 heavy (non-hydrogen) atoms. The van der Waals surface area contributed by atoms with Gasteiger partial charge in [-0.2, -0.15) is 0 Å². The Hall–Kier alpha value is -0.380. The van der Waals surface area contributed by atoms with Gasteiger partial charge in [0.05, 0.1) is 12.2 Å². The maximum absolute atomic E-state index is 11.1. The second-order valence-corrected chi connectivity index (χ2v) is 12.7. The summed E-state index contributed by atoms with van der Waals surface area (Å²) in [5.74, 6) is 5.21. The first-order chi connectivity index (χ1) is 14.4. The van der Waals surface area contributed by atoms with Gasteiger partial charge >= 0.3 is 0 Å². The SMILES string of the molecule is C[C@@H]1CC[C@H]2[C@H](C)C3CCC4=C5C[C@@H](O)[C@H]6C[C@@H](O)CC[C@]6(C)[C@H]5CC4C3CN2C1. The highest BCUT2D eigenvalue weighted by molar-refractivity contribution is 5.34. The molecule has 3 nitrogen and oxygen atoms in total. The predicted octanol–water partition coefficient (Wildman–Crippen LogP) is 4.63. The number of rotatable bonds is 0. The van der Waals surface area contributed by atoms with Gasteiger partial charge in [0.2, 0.25) is 0 Å². The molecule has 6 rings (SSSR count). The van der Waals surface area contributed by atoms with Gasteiger partial charge in [-0.1, -0.05) is 31.9 Å². The molecule has 11 atom stereocenters. The van der Waals surface area contributed by atoms with Gasteiger partial charge in [-0.05, 0) is 105 Å². The first-order valence-electron chi connectivity index (χ1n) is 13.2. The molecule has 0 aromatic rings. The van der Waals surface area contributed by atoms with E-state index in [0.717, 1.165) is 61.3 Å². The molecule has 3 saturated carbocycles. The van der Waals surface area contributed by atoms with E-state index in [9.17, 15) is 10.2 Å². The van der Waals surface area contributed by atoms with E-state index in [1.54, 1.807) is 11.1 Å². The number of hydrogen-bond donors (Lipinski definition) is 2. The molecular formula is C27H43NO2. The number of fused-ring (bicyclic) bond motifs is 7. The Morgan fingerprint density at radius 3 is 2.60 bits per heavy atom. The molecule has 0 bridgehead atoms. The minimum Gasteiger partial charge on any atom is -0.393 e. The summed E-state index contributed by atoms with van der Waals surface area (Å²) in [6.07, 6.45) is 10.2. The third-order valence-corrected chi connectivity index (χ3v) is 11.4. The zero-order chi connectivity index (χ0) is 20.8. The number of nitrogens with zero attached hydrogens (tertiary/aromatic N) is 1. The normalized spacial score (nSPS) is 55.9. The fraction of sp³-hybridized carbons (Fsp3) is 0.926. The third kappa shape index (κ3) is 2.80. The third-order valence-electron chi connectivity index (χ3n) is 11.4. The van der Waals surface area contributed by atoms with Crippen molar-refractivity contribution in [2.45, 2.75) is 96.8 Å². The van der Waals surface area contributed by atoms with E-state index in [4.69, 9.17) is 0 Å². The van der Waals surface area contributed by atoms with Crippen molar-refractivity contribution in [1.82, 2.24) is 4.90 Å². The quantitative estimate of drug-likeness (QED) is 0.569. The fourth-order valence-electron chi connectivity index (χ4n) is 9.84. The molecule has 5 fully saturated rings. The maximum Gasteiger partial charge on any atom is 0.0612 e. The Morgan fingerprint density at radius 1 is 0.933 bits per heavy atom. The van der Waals surface area contributed by atoms with Gasteiger partial charge in [-0.25, -0.2) is 0 Å². The van der Waals surface area contributed by atoms with E-state index < -0.39 is 0 Å². The van der Waals surface area contributed by atoms with Crippen LogP contribution in [0, 0.1) is 46.8 Å². The second-order valence-electron chi connectivity index (χ2n) is 12.7. The predicted molar refractivity (Wildman–Crippen MR) is 120 cm³/mol. The van der Waals surface area contributed by atoms with Crippen molar-refractivity contribution >= 4 is 0 Å². The standard InChI is InChI=1S/C27H43NO2/c1-15-4-7-25-16(2)18-5-6-19-20(22(18)14-28(25)13-15)11-23-21(19)12-26(30)24-10-17(29)8-9-27(23,24)3/h15-18,20,22-26,29-30H,4-14H2,1-3H3/t15-,16-,17+,18?,20?,22?,23+,24-,25+,26-,27-/m1/s1. The topological polar surface area (TPSA) is 43.7 Å². The Kier molecular flexibility index (Phi) is 4.76. The molecule has 0 aromatic heterocycles. The van der Waals surface area contributed by atoms with Crippen molar-refractivity contribution in [3.05, 3.63) is 11.1 Å². The summed E-state index contributed by atoms with van der Waals surface area (Å²) in [6, 6.07) is 0.837. The molecule has 0 amide bonds. The molecule has 168 valence electrons. The van der Waals surface area contributed by atoms with Crippen LogP contribution in [-0.2, 0) is 0 Å². The lowest BCUT2D eigenvalue weighted by molar-refractivity contribution is -0.0920. The zero-order valence-electron chi connectivity index (χ0n) is 19.4. The van der Waals surface area contributed by atoms with Crippen LogP contribution in [0.1, 0.15) is 78.6 Å². The van der Waals surface area contributed by atoms with Crippen molar-refractivity contribution in [3.63, 3.8) is 0 Å². The van der Waals surface area contributed by atoms with E-state index in [-0.39, 0.29) is 17.6 Å². The van der Waals surface area contributed by atoms with E-state index in [1.165, 1.54) is 45.2 Å². The zero-order valence-corrected chi connectivity index (χ0v) is 19.4. The monoisotopic (exact) mass is 413 g/mol. The van der Waals surface area contributed by atoms with Crippen molar-refractivity contribution in [1.29, 1.82) is 0 Å². The number of aliphatic hydroxyl groups excluding tert-OH is 2. The molecule has 0 spiro atoms.